The molecule has 1 amide bonds. The maximum absolute atomic E-state index is 12.9. The van der Waals surface area contributed by atoms with Crippen LogP contribution in [0.15, 0.2) is 46.1 Å². The number of amides is 1. The first-order valence-corrected chi connectivity index (χ1v) is 11.6. The molecular weight excluding hydrogens is 415 g/mol. The van der Waals surface area contributed by atoms with Crippen LogP contribution in [0, 0.1) is 5.82 Å². The average Bonchev–Trinajstić information content (AvgIpc) is 3.46. The van der Waals surface area contributed by atoms with Crippen molar-refractivity contribution in [2.24, 2.45) is 0 Å². The largest absolute Gasteiger partial charge is 0.356 e. The van der Waals surface area contributed by atoms with E-state index in [4.69, 9.17) is 0 Å². The second kappa shape index (κ2) is 9.02. The van der Waals surface area contributed by atoms with Crippen molar-refractivity contribution in [2.45, 2.75) is 29.8 Å². The molecule has 0 spiro atoms. The zero-order valence-electron chi connectivity index (χ0n) is 15.0. The van der Waals surface area contributed by atoms with Crippen LogP contribution in [0.1, 0.15) is 29.3 Å². The van der Waals surface area contributed by atoms with Crippen LogP contribution in [0.3, 0.4) is 0 Å². The Labute approximate surface area is 175 Å². The predicted octanol–water partition coefficient (Wildman–Crippen LogP) is 4.81. The third-order valence-corrected chi connectivity index (χ3v) is 7.50. The van der Waals surface area contributed by atoms with Gasteiger partial charge < -0.3 is 10.2 Å². The molecule has 1 aliphatic rings. The zero-order valence-corrected chi connectivity index (χ0v) is 17.5. The molecule has 0 bridgehead atoms. The number of hydrogen-bond acceptors (Lipinski definition) is 7. The summed E-state index contributed by atoms with van der Waals surface area (Å²) in [5, 5.41) is 14.2. The minimum Gasteiger partial charge on any atom is -0.356 e. The van der Waals surface area contributed by atoms with Gasteiger partial charge in [0.05, 0.1) is 11.8 Å². The third-order valence-electron chi connectivity index (χ3n) is 4.53. The Hall–Kier alpha value is -1.97. The standard InChI is InChI=1S/C19H19FN4OS3/c20-14-7-5-13(6-8-14)11-21-18-22-23-19(28-18)27-12-17(25)24-9-1-3-15(24)16-4-2-10-26-16/h2,4-8,10,15H,1,3,9,11-12H2,(H,21,22)/t15-/m0/s1. The van der Waals surface area contributed by atoms with Gasteiger partial charge in [0.1, 0.15) is 5.82 Å². The number of carbonyl (C=O) groups is 1. The number of thioether (sulfide) groups is 1. The maximum Gasteiger partial charge on any atom is 0.233 e. The van der Waals surface area contributed by atoms with E-state index in [1.54, 1.807) is 23.5 Å². The third kappa shape index (κ3) is 4.71. The van der Waals surface area contributed by atoms with Gasteiger partial charge in [0, 0.05) is 18.0 Å². The van der Waals surface area contributed by atoms with Crippen LogP contribution in [0.25, 0.3) is 0 Å². The van der Waals surface area contributed by atoms with E-state index in [2.05, 4.69) is 27.0 Å². The normalized spacial score (nSPS) is 16.5. The van der Waals surface area contributed by atoms with Gasteiger partial charge in [-0.3, -0.25) is 4.79 Å². The zero-order chi connectivity index (χ0) is 19.3. The molecule has 1 fully saturated rings. The topological polar surface area (TPSA) is 58.1 Å². The van der Waals surface area contributed by atoms with Crippen molar-refractivity contribution < 1.29 is 9.18 Å². The van der Waals surface area contributed by atoms with Crippen LogP contribution < -0.4 is 5.32 Å². The number of likely N-dealkylation sites (tertiary alicyclic amines) is 1. The highest BCUT2D eigenvalue weighted by molar-refractivity contribution is 8.01. The summed E-state index contributed by atoms with van der Waals surface area (Å²) in [7, 11) is 0. The summed E-state index contributed by atoms with van der Waals surface area (Å²) < 4.78 is 13.7. The van der Waals surface area contributed by atoms with E-state index >= 15 is 0 Å². The quantitative estimate of drug-likeness (QED) is 0.541. The average molecular weight is 435 g/mol. The van der Waals surface area contributed by atoms with Gasteiger partial charge in [-0.1, -0.05) is 41.3 Å². The van der Waals surface area contributed by atoms with Crippen LogP contribution in [-0.2, 0) is 11.3 Å². The highest BCUT2D eigenvalue weighted by Gasteiger charge is 2.30. The fourth-order valence-electron chi connectivity index (χ4n) is 3.17. The SMILES string of the molecule is O=C(CSc1nnc(NCc2ccc(F)cc2)s1)N1CCC[C@H]1c1cccs1. The van der Waals surface area contributed by atoms with Gasteiger partial charge in [-0.2, -0.15) is 0 Å². The summed E-state index contributed by atoms with van der Waals surface area (Å²) in [6.07, 6.45) is 2.09. The van der Waals surface area contributed by atoms with E-state index in [-0.39, 0.29) is 17.8 Å². The molecule has 2 aromatic heterocycles. The van der Waals surface area contributed by atoms with E-state index in [9.17, 15) is 9.18 Å². The van der Waals surface area contributed by atoms with Gasteiger partial charge in [0.15, 0.2) is 4.34 Å². The second-order valence-electron chi connectivity index (χ2n) is 6.40. The molecule has 9 heteroatoms. The van der Waals surface area contributed by atoms with Crippen molar-refractivity contribution in [1.82, 2.24) is 15.1 Å². The van der Waals surface area contributed by atoms with E-state index in [0.717, 1.165) is 29.3 Å². The molecule has 4 rings (SSSR count). The molecule has 0 saturated carbocycles. The Bertz CT molecular complexity index is 914. The lowest BCUT2D eigenvalue weighted by molar-refractivity contribution is -0.129. The lowest BCUT2D eigenvalue weighted by atomic mass is 10.2. The number of nitrogens with zero attached hydrogens (tertiary/aromatic N) is 3. The molecule has 1 saturated heterocycles. The Kier molecular flexibility index (Phi) is 6.23. The van der Waals surface area contributed by atoms with Gasteiger partial charge in [0.2, 0.25) is 11.0 Å². The molecule has 0 radical (unpaired) electrons. The molecule has 1 aromatic carbocycles. The van der Waals surface area contributed by atoms with E-state index in [1.807, 2.05) is 11.0 Å². The minimum absolute atomic E-state index is 0.150. The summed E-state index contributed by atoms with van der Waals surface area (Å²) in [5.74, 6) is 0.272. The monoisotopic (exact) mass is 434 g/mol. The highest BCUT2D eigenvalue weighted by Crippen LogP contribution is 2.35. The van der Waals surface area contributed by atoms with Gasteiger partial charge in [-0.15, -0.1) is 21.5 Å². The summed E-state index contributed by atoms with van der Waals surface area (Å²) in [4.78, 5) is 15.9. The molecule has 0 aliphatic carbocycles. The molecule has 3 heterocycles. The maximum atomic E-state index is 12.9. The highest BCUT2D eigenvalue weighted by atomic mass is 32.2. The molecule has 3 aromatic rings. The number of thiophene rings is 1. The van der Waals surface area contributed by atoms with Crippen LogP contribution in [0.5, 0.6) is 0 Å². The number of aromatic nitrogens is 2. The van der Waals surface area contributed by atoms with Crippen molar-refractivity contribution >= 4 is 45.5 Å². The van der Waals surface area contributed by atoms with Crippen LogP contribution in [0.2, 0.25) is 0 Å². The molecule has 1 aliphatic heterocycles. The molecule has 5 nitrogen and oxygen atoms in total. The molecule has 1 N–H and O–H groups in total. The number of rotatable bonds is 7. The number of nitrogens with one attached hydrogen (secondary N) is 1. The number of benzene rings is 1. The van der Waals surface area contributed by atoms with Crippen molar-refractivity contribution in [2.75, 3.05) is 17.6 Å². The molecule has 1 atom stereocenters. The number of anilines is 1. The molecule has 0 unspecified atom stereocenters. The first-order chi connectivity index (χ1) is 13.7. The van der Waals surface area contributed by atoms with Crippen LogP contribution in [0.4, 0.5) is 9.52 Å². The lowest BCUT2D eigenvalue weighted by Crippen LogP contribution is -2.31. The summed E-state index contributed by atoms with van der Waals surface area (Å²) >= 11 is 4.57. The van der Waals surface area contributed by atoms with Gasteiger partial charge in [-0.05, 0) is 42.0 Å². The van der Waals surface area contributed by atoms with E-state index in [0.29, 0.717) is 17.4 Å². The van der Waals surface area contributed by atoms with E-state index in [1.165, 1.54) is 40.1 Å². The fraction of sp³-hybridized carbons (Fsp3) is 0.316. The minimum atomic E-state index is -0.248. The smallest absolute Gasteiger partial charge is 0.233 e. The van der Waals surface area contributed by atoms with Crippen molar-refractivity contribution in [1.29, 1.82) is 0 Å². The number of halogens is 1. The Morgan fingerprint density at radius 1 is 1.29 bits per heavy atom. The van der Waals surface area contributed by atoms with Crippen LogP contribution in [-0.4, -0.2) is 33.3 Å². The first-order valence-electron chi connectivity index (χ1n) is 8.96. The Balaban J connectivity index is 1.28. The van der Waals surface area contributed by atoms with Crippen molar-refractivity contribution in [3.8, 4) is 0 Å². The van der Waals surface area contributed by atoms with Crippen molar-refractivity contribution in [3.63, 3.8) is 0 Å². The first kappa shape index (κ1) is 19.4. The predicted molar refractivity (Wildman–Crippen MR) is 112 cm³/mol. The van der Waals surface area contributed by atoms with Crippen molar-refractivity contribution in [3.05, 3.63) is 58.0 Å². The van der Waals surface area contributed by atoms with Crippen LogP contribution >= 0.6 is 34.4 Å². The lowest BCUT2D eigenvalue weighted by Gasteiger charge is -2.23. The molecular formula is C19H19FN4OS3. The molecule has 146 valence electrons. The van der Waals surface area contributed by atoms with Gasteiger partial charge >= 0.3 is 0 Å². The molecule has 28 heavy (non-hydrogen) atoms. The fourth-order valence-corrected chi connectivity index (χ4v) is 5.67. The Morgan fingerprint density at radius 2 is 2.14 bits per heavy atom. The number of carbonyl (C=O) groups excluding carboxylic acids is 1. The summed E-state index contributed by atoms with van der Waals surface area (Å²) in [6, 6.07) is 10.7. The second-order valence-corrected chi connectivity index (χ2v) is 9.58. The number of hydrogen-bond donors (Lipinski definition) is 1. The van der Waals surface area contributed by atoms with E-state index < -0.39 is 0 Å². The van der Waals surface area contributed by atoms with Gasteiger partial charge in [-0.25, -0.2) is 4.39 Å². The summed E-state index contributed by atoms with van der Waals surface area (Å²) in [6.45, 7) is 1.37. The summed E-state index contributed by atoms with van der Waals surface area (Å²) in [5.41, 5.74) is 0.967. The van der Waals surface area contributed by atoms with Gasteiger partial charge in [0.25, 0.3) is 0 Å². The Morgan fingerprint density at radius 3 is 2.93 bits per heavy atom.